The fourth-order valence-electron chi connectivity index (χ4n) is 1.62. The van der Waals surface area contributed by atoms with Crippen LogP contribution in [-0.2, 0) is 11.3 Å². The lowest BCUT2D eigenvalue weighted by Crippen LogP contribution is -2.46. The predicted octanol–water partition coefficient (Wildman–Crippen LogP) is 0.990. The van der Waals surface area contributed by atoms with Crippen molar-refractivity contribution in [1.29, 1.82) is 0 Å². The molecule has 1 aromatic rings. The highest BCUT2D eigenvalue weighted by atomic mass is 35.5. The number of aliphatic hydroxyl groups excluding tert-OH is 1. The van der Waals surface area contributed by atoms with Crippen LogP contribution < -0.4 is 0 Å². The summed E-state index contributed by atoms with van der Waals surface area (Å²) >= 11 is 7.25. The molecule has 1 aliphatic heterocycles. The predicted molar refractivity (Wildman–Crippen MR) is 59.2 cm³/mol. The molecule has 2 rings (SSSR count). The summed E-state index contributed by atoms with van der Waals surface area (Å²) in [6, 6.07) is 0.0969. The Balaban J connectivity index is 1.97. The van der Waals surface area contributed by atoms with E-state index in [1.54, 1.807) is 6.20 Å². The summed E-state index contributed by atoms with van der Waals surface area (Å²) in [5.41, 5.74) is 0. The van der Waals surface area contributed by atoms with Gasteiger partial charge in [0.2, 0.25) is 0 Å². The topological polar surface area (TPSA) is 45.6 Å². The van der Waals surface area contributed by atoms with E-state index in [2.05, 4.69) is 9.88 Å². The number of halogens is 1. The second-order valence-electron chi connectivity index (χ2n) is 3.46. The van der Waals surface area contributed by atoms with Crippen LogP contribution in [0.5, 0.6) is 0 Å². The number of morpholine rings is 1. The summed E-state index contributed by atoms with van der Waals surface area (Å²) in [6.45, 7) is 3.10. The highest BCUT2D eigenvalue weighted by molar-refractivity contribution is 7.15. The summed E-state index contributed by atoms with van der Waals surface area (Å²) in [5, 5.41) is 9.18. The van der Waals surface area contributed by atoms with Gasteiger partial charge in [-0.1, -0.05) is 11.6 Å². The Bertz CT molecular complexity index is 321. The van der Waals surface area contributed by atoms with Crippen LogP contribution in [-0.4, -0.2) is 47.4 Å². The zero-order chi connectivity index (χ0) is 10.7. The van der Waals surface area contributed by atoms with Crippen LogP contribution in [0.15, 0.2) is 6.20 Å². The summed E-state index contributed by atoms with van der Waals surface area (Å²) in [4.78, 5) is 7.32. The van der Waals surface area contributed by atoms with Crippen molar-refractivity contribution in [3.8, 4) is 0 Å². The Morgan fingerprint density at radius 1 is 1.73 bits per heavy atom. The number of aromatic nitrogens is 1. The Morgan fingerprint density at radius 3 is 3.27 bits per heavy atom. The molecule has 1 aromatic heterocycles. The molecule has 2 heterocycles. The number of ether oxygens (including phenoxy) is 1. The lowest BCUT2D eigenvalue weighted by atomic mass is 10.2. The molecule has 0 aromatic carbocycles. The molecule has 0 aliphatic carbocycles. The smallest absolute Gasteiger partial charge is 0.183 e. The highest BCUT2D eigenvalue weighted by Gasteiger charge is 2.22. The normalized spacial score (nSPS) is 23.2. The van der Waals surface area contributed by atoms with Crippen LogP contribution in [0, 0.1) is 0 Å². The first-order valence-electron chi connectivity index (χ1n) is 4.82. The van der Waals surface area contributed by atoms with Crippen LogP contribution >= 0.6 is 22.9 Å². The second-order valence-corrected chi connectivity index (χ2v) is 5.16. The number of nitrogens with zero attached hydrogens (tertiary/aromatic N) is 2. The summed E-state index contributed by atoms with van der Waals surface area (Å²) < 4.78 is 5.87. The monoisotopic (exact) mass is 248 g/mol. The molecular weight excluding hydrogens is 236 g/mol. The van der Waals surface area contributed by atoms with Crippen LogP contribution in [0.3, 0.4) is 0 Å². The van der Waals surface area contributed by atoms with Crippen LogP contribution in [0.1, 0.15) is 4.88 Å². The van der Waals surface area contributed by atoms with E-state index in [1.165, 1.54) is 11.3 Å². The standard InChI is InChI=1S/C9H13ClN2O2S/c10-9-11-3-8(15-9)4-12-1-2-14-6-7(12)5-13/h3,7,13H,1-2,4-6H2. The highest BCUT2D eigenvalue weighted by Crippen LogP contribution is 2.21. The molecule has 0 spiro atoms. The largest absolute Gasteiger partial charge is 0.395 e. The first-order valence-corrected chi connectivity index (χ1v) is 6.02. The van der Waals surface area contributed by atoms with E-state index in [4.69, 9.17) is 16.3 Å². The molecule has 6 heteroatoms. The van der Waals surface area contributed by atoms with E-state index in [1.807, 2.05) is 0 Å². The fourth-order valence-corrected chi connectivity index (χ4v) is 2.63. The van der Waals surface area contributed by atoms with E-state index in [0.29, 0.717) is 11.1 Å². The number of rotatable bonds is 3. The van der Waals surface area contributed by atoms with E-state index >= 15 is 0 Å². The van der Waals surface area contributed by atoms with Crippen molar-refractivity contribution in [3.63, 3.8) is 0 Å². The summed E-state index contributed by atoms with van der Waals surface area (Å²) in [6.07, 6.45) is 1.79. The molecule has 84 valence electrons. The van der Waals surface area contributed by atoms with Crippen molar-refractivity contribution in [1.82, 2.24) is 9.88 Å². The third-order valence-electron chi connectivity index (χ3n) is 2.44. The Labute approximate surface area is 97.4 Å². The Hall–Kier alpha value is -0.200. The van der Waals surface area contributed by atoms with Crippen molar-refractivity contribution in [2.75, 3.05) is 26.4 Å². The number of hydrogen-bond donors (Lipinski definition) is 1. The average molecular weight is 249 g/mol. The molecule has 0 saturated carbocycles. The molecule has 1 atom stereocenters. The van der Waals surface area contributed by atoms with E-state index in [0.717, 1.165) is 24.6 Å². The molecule has 1 unspecified atom stereocenters. The molecule has 1 N–H and O–H groups in total. The molecule has 0 amide bonds. The van der Waals surface area contributed by atoms with Gasteiger partial charge in [-0.25, -0.2) is 4.98 Å². The van der Waals surface area contributed by atoms with E-state index in [-0.39, 0.29) is 12.6 Å². The minimum atomic E-state index is 0.0969. The van der Waals surface area contributed by atoms with E-state index < -0.39 is 0 Å². The molecular formula is C9H13ClN2O2S. The van der Waals surface area contributed by atoms with Crippen molar-refractivity contribution in [2.45, 2.75) is 12.6 Å². The number of aliphatic hydroxyl groups is 1. The summed E-state index contributed by atoms with van der Waals surface area (Å²) in [7, 11) is 0. The van der Waals surface area contributed by atoms with Gasteiger partial charge in [0, 0.05) is 24.2 Å². The first kappa shape index (κ1) is 11.3. The van der Waals surface area contributed by atoms with Gasteiger partial charge in [0.05, 0.1) is 25.9 Å². The maximum Gasteiger partial charge on any atom is 0.183 e. The minimum absolute atomic E-state index is 0.0969. The molecule has 0 bridgehead atoms. The molecule has 4 nitrogen and oxygen atoms in total. The lowest BCUT2D eigenvalue weighted by molar-refractivity contribution is -0.0308. The van der Waals surface area contributed by atoms with Gasteiger partial charge < -0.3 is 9.84 Å². The van der Waals surface area contributed by atoms with Gasteiger partial charge in [-0.3, -0.25) is 4.90 Å². The van der Waals surface area contributed by atoms with Crippen molar-refractivity contribution < 1.29 is 9.84 Å². The van der Waals surface area contributed by atoms with Gasteiger partial charge in [0.25, 0.3) is 0 Å². The third kappa shape index (κ3) is 2.89. The minimum Gasteiger partial charge on any atom is -0.395 e. The molecule has 1 fully saturated rings. The number of hydrogen-bond acceptors (Lipinski definition) is 5. The van der Waals surface area contributed by atoms with Gasteiger partial charge in [-0.2, -0.15) is 0 Å². The average Bonchev–Trinajstić information content (AvgIpc) is 2.65. The Morgan fingerprint density at radius 2 is 2.60 bits per heavy atom. The zero-order valence-electron chi connectivity index (χ0n) is 8.23. The van der Waals surface area contributed by atoms with Gasteiger partial charge in [0.1, 0.15) is 0 Å². The van der Waals surface area contributed by atoms with Crippen molar-refractivity contribution in [3.05, 3.63) is 15.5 Å². The third-order valence-corrected chi connectivity index (χ3v) is 3.54. The van der Waals surface area contributed by atoms with Crippen LogP contribution in [0.2, 0.25) is 4.47 Å². The molecule has 1 aliphatic rings. The fraction of sp³-hybridized carbons (Fsp3) is 0.667. The van der Waals surface area contributed by atoms with Crippen molar-refractivity contribution >= 4 is 22.9 Å². The summed E-state index contributed by atoms with van der Waals surface area (Å²) in [5.74, 6) is 0. The van der Waals surface area contributed by atoms with Gasteiger partial charge in [0.15, 0.2) is 4.47 Å². The van der Waals surface area contributed by atoms with Crippen LogP contribution in [0.4, 0.5) is 0 Å². The number of thiazole rings is 1. The van der Waals surface area contributed by atoms with Crippen molar-refractivity contribution in [2.24, 2.45) is 0 Å². The molecule has 0 radical (unpaired) electrons. The van der Waals surface area contributed by atoms with Gasteiger partial charge >= 0.3 is 0 Å². The second kappa shape index (κ2) is 5.23. The first-order chi connectivity index (χ1) is 7.29. The maximum atomic E-state index is 9.18. The van der Waals surface area contributed by atoms with E-state index in [9.17, 15) is 5.11 Å². The zero-order valence-corrected chi connectivity index (χ0v) is 9.80. The van der Waals surface area contributed by atoms with Gasteiger partial charge in [-0.15, -0.1) is 11.3 Å². The Kier molecular flexibility index (Phi) is 3.93. The SMILES string of the molecule is OCC1COCCN1Cc1cnc(Cl)s1. The molecule has 1 saturated heterocycles. The lowest BCUT2D eigenvalue weighted by Gasteiger charge is -2.33. The maximum absolute atomic E-state index is 9.18. The quantitative estimate of drug-likeness (QED) is 0.867. The molecule has 15 heavy (non-hydrogen) atoms. The van der Waals surface area contributed by atoms with Crippen LogP contribution in [0.25, 0.3) is 0 Å². The van der Waals surface area contributed by atoms with Gasteiger partial charge in [-0.05, 0) is 0 Å².